The van der Waals surface area contributed by atoms with Crippen molar-refractivity contribution in [2.75, 3.05) is 0 Å². The van der Waals surface area contributed by atoms with Crippen LogP contribution in [0.2, 0.25) is 0 Å². The normalized spacial score (nSPS) is 11.6. The zero-order chi connectivity index (χ0) is 23.6. The summed E-state index contributed by atoms with van der Waals surface area (Å²) < 4.78 is 83.1. The zero-order valence-corrected chi connectivity index (χ0v) is 22.8. The molecule has 0 saturated heterocycles. The summed E-state index contributed by atoms with van der Waals surface area (Å²) in [6, 6.07) is 18.7. The Bertz CT molecular complexity index is 1160. The van der Waals surface area contributed by atoms with Crippen molar-refractivity contribution >= 4 is 35.8 Å². The summed E-state index contributed by atoms with van der Waals surface area (Å²) in [5.41, 5.74) is 0. The predicted molar refractivity (Wildman–Crippen MR) is 123 cm³/mol. The Morgan fingerprint density at radius 2 is 0.588 bits per heavy atom. The minimum Gasteiger partial charge on any atom is -0.529 e. The standard InChI is InChI=1S/C24H16F4NO2P2.K/c25-17-1-9-21(10-2-17)32(30,22-11-3-18(26)4-12-22)29-33(31,23-13-5-19(27)6-14-23)24-15-7-20(28)8-16-24;/h1-16H;/q-1;+1. The quantitative estimate of drug-likeness (QED) is 0.220. The van der Waals surface area contributed by atoms with Crippen molar-refractivity contribution in [3.8, 4) is 0 Å². The van der Waals surface area contributed by atoms with Gasteiger partial charge in [0, 0.05) is 0 Å². The van der Waals surface area contributed by atoms with E-state index in [-0.39, 0.29) is 72.6 Å². The molecule has 34 heavy (non-hydrogen) atoms. The number of rotatable bonds is 6. The van der Waals surface area contributed by atoms with Crippen LogP contribution in [-0.2, 0) is 9.13 Å². The Morgan fingerprint density at radius 1 is 0.412 bits per heavy atom. The average Bonchev–Trinajstić information content (AvgIpc) is 2.80. The number of nitrogens with zero attached hydrogens (tertiary/aromatic N) is 1. The molecular weight excluding hydrogens is 511 g/mol. The van der Waals surface area contributed by atoms with Gasteiger partial charge in [-0.1, -0.05) is 0 Å². The Hall–Kier alpha value is -1.34. The molecule has 0 aromatic heterocycles. The van der Waals surface area contributed by atoms with Gasteiger partial charge in [-0.3, -0.25) is 0 Å². The summed E-state index contributed by atoms with van der Waals surface area (Å²) in [5.74, 6) is -2.32. The van der Waals surface area contributed by atoms with E-state index in [9.17, 15) is 26.7 Å². The fraction of sp³-hybridized carbons (Fsp3) is 0. The van der Waals surface area contributed by atoms with E-state index in [2.05, 4.69) is 4.86 Å². The Morgan fingerprint density at radius 3 is 0.765 bits per heavy atom. The average molecular weight is 527 g/mol. The maximum absolute atomic E-state index is 14.4. The van der Waals surface area contributed by atoms with Crippen LogP contribution in [0.15, 0.2) is 97.1 Å². The van der Waals surface area contributed by atoms with Gasteiger partial charge in [0.25, 0.3) is 0 Å². The third-order valence-electron chi connectivity index (χ3n) is 4.96. The molecule has 0 aliphatic rings. The second-order valence-corrected chi connectivity index (χ2v) is 12.2. The molecule has 0 fully saturated rings. The van der Waals surface area contributed by atoms with Crippen molar-refractivity contribution in [2.24, 2.45) is 0 Å². The first-order valence-electron chi connectivity index (χ1n) is 9.70. The van der Waals surface area contributed by atoms with Gasteiger partial charge in [0.2, 0.25) is 0 Å². The van der Waals surface area contributed by atoms with Crippen LogP contribution in [0.4, 0.5) is 17.6 Å². The monoisotopic (exact) mass is 527 g/mol. The summed E-state index contributed by atoms with van der Waals surface area (Å²) in [7, 11) is -8.20. The second-order valence-electron chi connectivity index (χ2n) is 7.15. The number of benzene rings is 4. The van der Waals surface area contributed by atoms with Crippen molar-refractivity contribution in [3.05, 3.63) is 125 Å². The molecule has 0 atom stereocenters. The summed E-state index contributed by atoms with van der Waals surface area (Å²) in [6.45, 7) is 0. The third kappa shape index (κ3) is 5.72. The molecule has 4 aromatic carbocycles. The van der Waals surface area contributed by atoms with Crippen molar-refractivity contribution in [3.63, 3.8) is 0 Å². The molecule has 0 bridgehead atoms. The van der Waals surface area contributed by atoms with E-state index in [1.165, 1.54) is 48.5 Å². The second kappa shape index (κ2) is 11.1. The number of hydrogen-bond donors (Lipinski definition) is 0. The van der Waals surface area contributed by atoms with E-state index in [0.717, 1.165) is 48.5 Å². The molecule has 0 unspecified atom stereocenters. The van der Waals surface area contributed by atoms with E-state index in [1.807, 2.05) is 0 Å². The van der Waals surface area contributed by atoms with Gasteiger partial charge in [0.1, 0.15) is 23.3 Å². The molecule has 168 valence electrons. The summed E-state index contributed by atoms with van der Waals surface area (Å²) in [4.78, 5) is 4.36. The zero-order valence-electron chi connectivity index (χ0n) is 17.9. The van der Waals surface area contributed by atoms with Crippen molar-refractivity contribution in [1.82, 2.24) is 0 Å². The maximum Gasteiger partial charge on any atom is 1.00 e. The molecule has 0 aliphatic heterocycles. The van der Waals surface area contributed by atoms with E-state index in [1.54, 1.807) is 0 Å². The molecule has 4 aromatic rings. The van der Waals surface area contributed by atoms with E-state index < -0.39 is 37.9 Å². The van der Waals surface area contributed by atoms with Crippen molar-refractivity contribution < 1.29 is 78.1 Å². The topological polar surface area (TPSA) is 48.2 Å². The van der Waals surface area contributed by atoms with Gasteiger partial charge in [0.15, 0.2) is 0 Å². The summed E-state index contributed by atoms with van der Waals surface area (Å²) >= 11 is 0. The van der Waals surface area contributed by atoms with Crippen LogP contribution in [0.3, 0.4) is 0 Å². The number of hydrogen-bond acceptors (Lipinski definition) is 2. The van der Waals surface area contributed by atoms with E-state index in [0.29, 0.717) is 0 Å². The summed E-state index contributed by atoms with van der Waals surface area (Å²) in [6.07, 6.45) is 0. The maximum atomic E-state index is 14.4. The smallest absolute Gasteiger partial charge is 0.529 e. The first-order valence-corrected chi connectivity index (χ1v) is 13.0. The Kier molecular flexibility index (Phi) is 8.94. The minimum atomic E-state index is -4.10. The largest absolute Gasteiger partial charge is 1.00 e. The molecule has 0 amide bonds. The fourth-order valence-electron chi connectivity index (χ4n) is 3.25. The van der Waals surface area contributed by atoms with Crippen LogP contribution >= 0.6 is 14.6 Å². The van der Waals surface area contributed by atoms with Crippen LogP contribution in [-0.4, -0.2) is 0 Å². The van der Waals surface area contributed by atoms with Crippen molar-refractivity contribution in [1.29, 1.82) is 0 Å². The first kappa shape index (κ1) is 27.2. The fourth-order valence-corrected chi connectivity index (χ4v) is 9.14. The van der Waals surface area contributed by atoms with Crippen LogP contribution in [0.5, 0.6) is 0 Å². The van der Waals surface area contributed by atoms with Gasteiger partial charge in [-0.15, -0.1) is 0 Å². The van der Waals surface area contributed by atoms with Gasteiger partial charge in [-0.2, -0.15) is 0 Å². The molecule has 0 N–H and O–H groups in total. The molecule has 10 heteroatoms. The molecule has 4 rings (SSSR count). The summed E-state index contributed by atoms with van der Waals surface area (Å²) in [5, 5.41) is 0.278. The third-order valence-corrected chi connectivity index (χ3v) is 11.0. The molecule has 0 aliphatic carbocycles. The van der Waals surface area contributed by atoms with Crippen LogP contribution in [0.25, 0.3) is 4.86 Å². The first-order chi connectivity index (χ1) is 15.7. The van der Waals surface area contributed by atoms with E-state index in [4.69, 9.17) is 0 Å². The predicted octanol–water partition coefficient (Wildman–Crippen LogP) is 2.78. The molecule has 0 heterocycles. The van der Waals surface area contributed by atoms with Gasteiger partial charge in [-0.05, 0) is 118 Å². The Labute approximate surface area is 236 Å². The molecule has 0 radical (unpaired) electrons. The van der Waals surface area contributed by atoms with Crippen LogP contribution < -0.4 is 72.6 Å². The van der Waals surface area contributed by atoms with E-state index >= 15 is 0 Å². The number of halogens is 4. The van der Waals surface area contributed by atoms with Crippen LogP contribution in [0.1, 0.15) is 0 Å². The Balaban J connectivity index is 0.00000324. The van der Waals surface area contributed by atoms with Gasteiger partial charge in [0.05, 0.1) is 14.6 Å². The molecule has 3 nitrogen and oxygen atoms in total. The van der Waals surface area contributed by atoms with Gasteiger partial charge in [-0.25, -0.2) is 17.6 Å². The van der Waals surface area contributed by atoms with Crippen LogP contribution in [0, 0.1) is 23.3 Å². The van der Waals surface area contributed by atoms with Crippen molar-refractivity contribution in [2.45, 2.75) is 0 Å². The van der Waals surface area contributed by atoms with Gasteiger partial charge < -0.3 is 14.0 Å². The molecule has 0 saturated carbocycles. The SMILES string of the molecule is O=P([N-]P(=O)(c1ccc(F)cc1)c1ccc(F)cc1)(c1ccc(F)cc1)c1ccc(F)cc1.[K+]. The minimum absolute atomic E-state index is 0. The molecule has 0 spiro atoms. The molecular formula is C24H16F4KNO2P2. The van der Waals surface area contributed by atoms with Gasteiger partial charge >= 0.3 is 51.4 Å².